The smallest absolute Gasteiger partial charge is 0.325 e. The number of likely N-dealkylation sites (N-methyl/N-ethyl adjacent to an activating group) is 1. The van der Waals surface area contributed by atoms with Gasteiger partial charge >= 0.3 is 6.03 Å². The molecule has 126 valence electrons. The predicted molar refractivity (Wildman–Crippen MR) is 90.0 cm³/mol. The van der Waals surface area contributed by atoms with Gasteiger partial charge in [-0.3, -0.25) is 14.9 Å². The Morgan fingerprint density at radius 2 is 2.04 bits per heavy atom. The average Bonchev–Trinajstić information content (AvgIpc) is 2.91. The van der Waals surface area contributed by atoms with Crippen LogP contribution in [0.25, 0.3) is 0 Å². The first kappa shape index (κ1) is 16.3. The summed E-state index contributed by atoms with van der Waals surface area (Å²) >= 11 is 1.17. The summed E-state index contributed by atoms with van der Waals surface area (Å²) in [5, 5.41) is 2.87. The molecule has 0 bridgehead atoms. The van der Waals surface area contributed by atoms with E-state index in [9.17, 15) is 14.4 Å². The molecule has 3 rings (SSSR count). The second-order valence-corrected chi connectivity index (χ2v) is 6.49. The molecule has 9 heteroatoms. The van der Waals surface area contributed by atoms with Gasteiger partial charge < -0.3 is 15.5 Å². The number of benzene rings is 1. The highest BCUT2D eigenvalue weighted by molar-refractivity contribution is 8.14. The molecule has 0 aliphatic carbocycles. The van der Waals surface area contributed by atoms with Crippen molar-refractivity contribution in [3.63, 3.8) is 0 Å². The minimum absolute atomic E-state index is 0.0584. The number of amidine groups is 1. The van der Waals surface area contributed by atoms with Crippen molar-refractivity contribution in [1.29, 1.82) is 0 Å². The maximum Gasteiger partial charge on any atom is 0.325 e. The molecule has 1 fully saturated rings. The highest BCUT2D eigenvalue weighted by Gasteiger charge is 2.48. The summed E-state index contributed by atoms with van der Waals surface area (Å²) in [5.74, 6) is -0.799. The van der Waals surface area contributed by atoms with Crippen LogP contribution < -0.4 is 11.1 Å². The lowest BCUT2D eigenvalue weighted by atomic mass is 10.1. The van der Waals surface area contributed by atoms with Crippen LogP contribution in [0.2, 0.25) is 0 Å². The molecule has 24 heavy (non-hydrogen) atoms. The maximum atomic E-state index is 12.3. The van der Waals surface area contributed by atoms with Crippen LogP contribution in [0.3, 0.4) is 0 Å². The lowest BCUT2D eigenvalue weighted by Gasteiger charge is -2.36. The van der Waals surface area contributed by atoms with E-state index in [1.807, 2.05) is 35.2 Å². The zero-order valence-corrected chi connectivity index (χ0v) is 13.8. The molecule has 8 nitrogen and oxygen atoms in total. The molecule has 2 unspecified atom stereocenters. The fraction of sp³-hybridized carbons (Fsp3) is 0.333. The molecular formula is C15H17N5O3S. The van der Waals surface area contributed by atoms with Crippen LogP contribution in [0.1, 0.15) is 5.56 Å². The fourth-order valence-electron chi connectivity index (χ4n) is 2.70. The molecule has 0 radical (unpaired) electrons. The van der Waals surface area contributed by atoms with Crippen molar-refractivity contribution in [1.82, 2.24) is 15.1 Å². The fourth-order valence-corrected chi connectivity index (χ4v) is 3.50. The van der Waals surface area contributed by atoms with Crippen molar-refractivity contribution < 1.29 is 14.4 Å². The van der Waals surface area contributed by atoms with Gasteiger partial charge in [-0.25, -0.2) is 9.79 Å². The number of aliphatic imine (C=N–C) groups is 1. The second-order valence-electron chi connectivity index (χ2n) is 5.54. The van der Waals surface area contributed by atoms with Gasteiger partial charge in [-0.2, -0.15) is 0 Å². The number of carbonyl (C=O) groups is 3. The van der Waals surface area contributed by atoms with Crippen LogP contribution in [0, 0.1) is 0 Å². The minimum atomic E-state index is -0.622. The molecular weight excluding hydrogens is 330 g/mol. The van der Waals surface area contributed by atoms with Crippen LogP contribution in [0.4, 0.5) is 4.79 Å². The van der Waals surface area contributed by atoms with Crippen molar-refractivity contribution in [3.05, 3.63) is 35.9 Å². The van der Waals surface area contributed by atoms with Gasteiger partial charge in [0, 0.05) is 13.6 Å². The Labute approximate surface area is 143 Å². The number of nitrogens with two attached hydrogens (primary N) is 1. The van der Waals surface area contributed by atoms with Crippen LogP contribution >= 0.6 is 11.8 Å². The first-order valence-corrected chi connectivity index (χ1v) is 8.33. The van der Waals surface area contributed by atoms with Gasteiger partial charge in [0.05, 0.1) is 5.75 Å². The maximum absolute atomic E-state index is 12.3. The lowest BCUT2D eigenvalue weighted by molar-refractivity contribution is -0.127. The van der Waals surface area contributed by atoms with E-state index in [1.54, 1.807) is 7.05 Å². The summed E-state index contributed by atoms with van der Waals surface area (Å²) < 4.78 is 0. The van der Waals surface area contributed by atoms with Crippen LogP contribution in [-0.2, 0) is 16.1 Å². The lowest BCUT2D eigenvalue weighted by Crippen LogP contribution is -2.63. The van der Waals surface area contributed by atoms with E-state index in [0.29, 0.717) is 11.7 Å². The van der Waals surface area contributed by atoms with Gasteiger partial charge in [-0.05, 0) is 5.56 Å². The molecule has 0 spiro atoms. The van der Waals surface area contributed by atoms with E-state index in [2.05, 4.69) is 10.3 Å². The first-order chi connectivity index (χ1) is 11.5. The Morgan fingerprint density at radius 1 is 1.33 bits per heavy atom. The van der Waals surface area contributed by atoms with E-state index < -0.39 is 30.1 Å². The Bertz CT molecular complexity index is 708. The van der Waals surface area contributed by atoms with Crippen LogP contribution in [-0.4, -0.2) is 57.8 Å². The quantitative estimate of drug-likeness (QED) is 0.794. The molecule has 2 aliphatic heterocycles. The number of rotatable bonds is 4. The number of hydrogen-bond acceptors (Lipinski definition) is 6. The third-order valence-corrected chi connectivity index (χ3v) is 4.89. The standard InChI is InChI=1S/C15H17N5O3S/c1-19-12-11(13(22)18-14(19)23)20(7-9-5-3-2-4-6-9)15(17-12)24-8-10(16)21/h2-6,11-12H,7-8H2,1H3,(H2,16,21)(H,18,22,23). The molecule has 3 N–H and O–H groups in total. The van der Waals surface area contributed by atoms with Crippen LogP contribution in [0.15, 0.2) is 35.3 Å². The first-order valence-electron chi connectivity index (χ1n) is 7.34. The van der Waals surface area contributed by atoms with Gasteiger partial charge in [0.1, 0.15) is 0 Å². The van der Waals surface area contributed by atoms with E-state index in [4.69, 9.17) is 5.73 Å². The largest absolute Gasteiger partial charge is 0.369 e. The monoisotopic (exact) mass is 347 g/mol. The number of nitrogens with zero attached hydrogens (tertiary/aromatic N) is 3. The molecule has 2 aliphatic rings. The highest BCUT2D eigenvalue weighted by Crippen LogP contribution is 2.29. The van der Waals surface area contributed by atoms with E-state index in [-0.39, 0.29) is 5.75 Å². The zero-order valence-electron chi connectivity index (χ0n) is 13.0. The average molecular weight is 347 g/mol. The number of urea groups is 1. The number of nitrogens with one attached hydrogen (secondary N) is 1. The third-order valence-electron chi connectivity index (χ3n) is 3.86. The van der Waals surface area contributed by atoms with Gasteiger partial charge in [0.2, 0.25) is 5.91 Å². The molecule has 1 saturated heterocycles. The zero-order chi connectivity index (χ0) is 17.3. The van der Waals surface area contributed by atoms with Crippen molar-refractivity contribution in [2.24, 2.45) is 10.7 Å². The van der Waals surface area contributed by atoms with Crippen LogP contribution in [0.5, 0.6) is 0 Å². The van der Waals surface area contributed by atoms with Crippen molar-refractivity contribution >= 4 is 34.8 Å². The summed E-state index contributed by atoms with van der Waals surface area (Å²) in [6.07, 6.45) is -0.606. The topological polar surface area (TPSA) is 108 Å². The molecule has 1 aromatic carbocycles. The summed E-state index contributed by atoms with van der Waals surface area (Å²) in [5.41, 5.74) is 6.21. The Hall–Kier alpha value is -2.55. The van der Waals surface area contributed by atoms with Gasteiger partial charge in [-0.1, -0.05) is 42.1 Å². The van der Waals surface area contributed by atoms with Crippen molar-refractivity contribution in [2.45, 2.75) is 18.8 Å². The third kappa shape index (κ3) is 3.07. The Balaban J connectivity index is 1.89. The number of hydrogen-bond donors (Lipinski definition) is 2. The SMILES string of the molecule is CN1C(=O)NC(=O)C2C1N=C(SCC(N)=O)N2Cc1ccccc1. The number of carbonyl (C=O) groups excluding carboxylic acids is 3. The molecule has 2 atom stereocenters. The summed E-state index contributed by atoms with van der Waals surface area (Å²) in [4.78, 5) is 42.9. The van der Waals surface area contributed by atoms with Crippen molar-refractivity contribution in [2.75, 3.05) is 12.8 Å². The number of imide groups is 1. The van der Waals surface area contributed by atoms with Gasteiger partial charge in [0.25, 0.3) is 5.91 Å². The normalized spacial score (nSPS) is 23.0. The van der Waals surface area contributed by atoms with Crippen molar-refractivity contribution in [3.8, 4) is 0 Å². The predicted octanol–water partition coefficient (Wildman–Crippen LogP) is -0.0470. The van der Waals surface area contributed by atoms with E-state index >= 15 is 0 Å². The number of amides is 4. The molecule has 0 saturated carbocycles. The van der Waals surface area contributed by atoms with Gasteiger partial charge in [-0.15, -0.1) is 0 Å². The van der Waals surface area contributed by atoms with E-state index in [1.165, 1.54) is 16.7 Å². The molecule has 4 amide bonds. The Morgan fingerprint density at radius 3 is 2.71 bits per heavy atom. The molecule has 2 heterocycles. The number of thioether (sulfide) groups is 1. The summed E-state index contributed by atoms with van der Waals surface area (Å²) in [6, 6.07) is 8.51. The summed E-state index contributed by atoms with van der Waals surface area (Å²) in [7, 11) is 1.59. The van der Waals surface area contributed by atoms with E-state index in [0.717, 1.165) is 5.56 Å². The number of fused-ring (bicyclic) bond motifs is 1. The summed E-state index contributed by atoms with van der Waals surface area (Å²) in [6.45, 7) is 0.446. The minimum Gasteiger partial charge on any atom is -0.369 e. The number of primary amides is 1. The molecule has 1 aromatic rings. The Kier molecular flexibility index (Phi) is 4.43. The van der Waals surface area contributed by atoms with Gasteiger partial charge in [0.15, 0.2) is 17.4 Å². The second kappa shape index (κ2) is 6.52. The molecule has 0 aromatic heterocycles. The highest BCUT2D eigenvalue weighted by atomic mass is 32.2.